The molecule has 0 radical (unpaired) electrons. The molecule has 0 aliphatic heterocycles. The van der Waals surface area contributed by atoms with Crippen molar-refractivity contribution in [2.24, 2.45) is 0 Å². The van der Waals surface area contributed by atoms with Crippen LogP contribution in [-0.4, -0.2) is 11.8 Å². The van der Waals surface area contributed by atoms with Gasteiger partial charge in [-0.1, -0.05) is 34.1 Å². The summed E-state index contributed by atoms with van der Waals surface area (Å²) in [6.07, 6.45) is 0. The lowest BCUT2D eigenvalue weighted by molar-refractivity contribution is 0.0844. The van der Waals surface area contributed by atoms with E-state index in [2.05, 4.69) is 26.8 Å². The molecule has 2 aromatic rings. The van der Waals surface area contributed by atoms with Gasteiger partial charge in [0.1, 0.15) is 5.82 Å². The Kier molecular flexibility index (Phi) is 4.70. The number of hydrogen-bond donors (Lipinski definition) is 2. The van der Waals surface area contributed by atoms with Crippen LogP contribution < -0.4 is 10.9 Å². The second kappa shape index (κ2) is 6.49. The molecule has 0 saturated heterocycles. The minimum atomic E-state index is -0.715. The first kappa shape index (κ1) is 15.2. The number of hydrazine groups is 1. The molecule has 0 bridgehead atoms. The highest BCUT2D eigenvalue weighted by Crippen LogP contribution is 2.17. The Morgan fingerprint density at radius 1 is 1.05 bits per heavy atom. The maximum Gasteiger partial charge on any atom is 0.272 e. The van der Waals surface area contributed by atoms with Gasteiger partial charge in [-0.15, -0.1) is 0 Å². The van der Waals surface area contributed by atoms with Gasteiger partial charge in [-0.2, -0.15) is 0 Å². The number of hydrogen-bond acceptors (Lipinski definition) is 2. The summed E-state index contributed by atoms with van der Waals surface area (Å²) in [6, 6.07) is 10.6. The predicted octanol–water partition coefficient (Wildman–Crippen LogP) is 2.97. The molecule has 2 N–H and O–H groups in total. The average molecular weight is 351 g/mol. The fourth-order valence-electron chi connectivity index (χ4n) is 1.63. The van der Waals surface area contributed by atoms with Gasteiger partial charge in [-0.3, -0.25) is 20.4 Å². The summed E-state index contributed by atoms with van der Waals surface area (Å²) in [5.41, 5.74) is 5.65. The number of carbonyl (C=O) groups is 2. The largest absolute Gasteiger partial charge is 0.272 e. The number of rotatable bonds is 2. The Balaban J connectivity index is 2.02. The predicted molar refractivity (Wildman–Crippen MR) is 80.2 cm³/mol. The minimum absolute atomic E-state index is 0.136. The Morgan fingerprint density at radius 3 is 2.38 bits per heavy atom. The van der Waals surface area contributed by atoms with Crippen molar-refractivity contribution in [1.29, 1.82) is 0 Å². The van der Waals surface area contributed by atoms with E-state index in [1.807, 2.05) is 6.92 Å². The topological polar surface area (TPSA) is 58.2 Å². The van der Waals surface area contributed by atoms with Crippen LogP contribution in [0.3, 0.4) is 0 Å². The van der Waals surface area contributed by atoms with Gasteiger partial charge in [0.05, 0.1) is 5.56 Å². The van der Waals surface area contributed by atoms with Crippen LogP contribution in [0, 0.1) is 12.7 Å². The van der Waals surface area contributed by atoms with Gasteiger partial charge in [0.15, 0.2) is 0 Å². The van der Waals surface area contributed by atoms with E-state index in [1.165, 1.54) is 24.3 Å². The molecule has 0 unspecified atom stereocenters. The molecule has 2 aromatic carbocycles. The van der Waals surface area contributed by atoms with E-state index in [0.29, 0.717) is 5.56 Å². The highest BCUT2D eigenvalue weighted by molar-refractivity contribution is 9.10. The maximum atomic E-state index is 13.4. The number of aryl methyl sites for hydroxylation is 1. The molecule has 0 spiro atoms. The molecule has 6 heteroatoms. The molecule has 108 valence electrons. The van der Waals surface area contributed by atoms with Gasteiger partial charge in [0.25, 0.3) is 11.8 Å². The van der Waals surface area contributed by atoms with Crippen molar-refractivity contribution in [3.63, 3.8) is 0 Å². The van der Waals surface area contributed by atoms with E-state index in [4.69, 9.17) is 0 Å². The second-order valence-corrected chi connectivity index (χ2v) is 5.21. The summed E-state index contributed by atoms with van der Waals surface area (Å²) >= 11 is 3.32. The molecule has 0 aromatic heterocycles. The third-order valence-electron chi connectivity index (χ3n) is 2.84. The van der Waals surface area contributed by atoms with Crippen LogP contribution in [0.25, 0.3) is 0 Å². The highest BCUT2D eigenvalue weighted by atomic mass is 79.9. The molecule has 4 nitrogen and oxygen atoms in total. The highest BCUT2D eigenvalue weighted by Gasteiger charge is 2.12. The lowest BCUT2D eigenvalue weighted by atomic mass is 10.1. The summed E-state index contributed by atoms with van der Waals surface area (Å²) in [4.78, 5) is 23.6. The molecule has 2 amide bonds. The van der Waals surface area contributed by atoms with Crippen molar-refractivity contribution in [2.45, 2.75) is 6.92 Å². The van der Waals surface area contributed by atoms with E-state index in [0.717, 1.165) is 10.0 Å². The third kappa shape index (κ3) is 3.66. The number of carbonyl (C=O) groups excluding carboxylic acids is 2. The fourth-order valence-corrected chi connectivity index (χ4v) is 2.01. The van der Waals surface area contributed by atoms with Crippen molar-refractivity contribution in [3.8, 4) is 0 Å². The lowest BCUT2D eigenvalue weighted by Crippen LogP contribution is -2.41. The first-order valence-corrected chi connectivity index (χ1v) is 6.89. The molecule has 0 fully saturated rings. The number of nitrogens with one attached hydrogen (secondary N) is 2. The smallest absolute Gasteiger partial charge is 0.267 e. The molecule has 2 rings (SSSR count). The number of amides is 2. The van der Waals surface area contributed by atoms with Gasteiger partial charge < -0.3 is 0 Å². The zero-order valence-electron chi connectivity index (χ0n) is 11.1. The lowest BCUT2D eigenvalue weighted by Gasteiger charge is -2.08. The minimum Gasteiger partial charge on any atom is -0.267 e. The number of halogens is 2. The van der Waals surface area contributed by atoms with Gasteiger partial charge in [-0.25, -0.2) is 4.39 Å². The van der Waals surface area contributed by atoms with E-state index >= 15 is 0 Å². The van der Waals surface area contributed by atoms with Crippen LogP contribution in [0.1, 0.15) is 26.3 Å². The van der Waals surface area contributed by atoms with Crippen molar-refractivity contribution in [3.05, 3.63) is 69.4 Å². The molecular weight excluding hydrogens is 339 g/mol. The standard InChI is InChI=1S/C15H12BrFN2O2/c1-9-6-7-10(8-12(9)16)14(20)18-19-15(21)11-4-2-3-5-13(11)17/h2-8H,1H3,(H,18,20)(H,19,21). The Bertz CT molecular complexity index is 704. The quantitative estimate of drug-likeness (QED) is 0.818. The van der Waals surface area contributed by atoms with Crippen molar-refractivity contribution in [1.82, 2.24) is 10.9 Å². The summed E-state index contributed by atoms with van der Waals surface area (Å²) in [5, 5.41) is 0. The second-order valence-electron chi connectivity index (χ2n) is 4.35. The van der Waals surface area contributed by atoms with Crippen molar-refractivity contribution < 1.29 is 14.0 Å². The summed E-state index contributed by atoms with van der Waals surface area (Å²) in [6.45, 7) is 1.89. The Morgan fingerprint density at radius 2 is 1.71 bits per heavy atom. The molecule has 0 saturated carbocycles. The first-order chi connectivity index (χ1) is 9.99. The summed E-state index contributed by atoms with van der Waals surface area (Å²) < 4.78 is 14.2. The normalized spacial score (nSPS) is 10.0. The zero-order valence-corrected chi connectivity index (χ0v) is 12.7. The van der Waals surface area contributed by atoms with E-state index in [-0.39, 0.29) is 5.56 Å². The molecule has 0 heterocycles. The van der Waals surface area contributed by atoms with Gasteiger partial charge >= 0.3 is 0 Å². The van der Waals surface area contributed by atoms with Crippen LogP contribution in [0.5, 0.6) is 0 Å². The SMILES string of the molecule is Cc1ccc(C(=O)NNC(=O)c2ccccc2F)cc1Br. The van der Waals surface area contributed by atoms with Crippen molar-refractivity contribution >= 4 is 27.7 Å². The molecular formula is C15H12BrFN2O2. The maximum absolute atomic E-state index is 13.4. The molecule has 0 aliphatic rings. The summed E-state index contributed by atoms with van der Waals surface area (Å²) in [5.74, 6) is -1.85. The van der Waals surface area contributed by atoms with Crippen LogP contribution in [0.15, 0.2) is 46.9 Å². The molecule has 21 heavy (non-hydrogen) atoms. The van der Waals surface area contributed by atoms with Crippen LogP contribution in [-0.2, 0) is 0 Å². The molecule has 0 atom stereocenters. The van der Waals surface area contributed by atoms with E-state index in [1.54, 1.807) is 18.2 Å². The Hall–Kier alpha value is -2.21. The van der Waals surface area contributed by atoms with Gasteiger partial charge in [0.2, 0.25) is 0 Å². The van der Waals surface area contributed by atoms with Crippen LogP contribution in [0.2, 0.25) is 0 Å². The van der Waals surface area contributed by atoms with Gasteiger partial charge in [0, 0.05) is 10.0 Å². The average Bonchev–Trinajstić information content (AvgIpc) is 2.47. The van der Waals surface area contributed by atoms with E-state index < -0.39 is 17.6 Å². The van der Waals surface area contributed by atoms with Crippen LogP contribution >= 0.6 is 15.9 Å². The van der Waals surface area contributed by atoms with Crippen molar-refractivity contribution in [2.75, 3.05) is 0 Å². The first-order valence-electron chi connectivity index (χ1n) is 6.10. The fraction of sp³-hybridized carbons (Fsp3) is 0.0667. The monoisotopic (exact) mass is 350 g/mol. The van der Waals surface area contributed by atoms with E-state index in [9.17, 15) is 14.0 Å². The Labute approximate surface area is 129 Å². The van der Waals surface area contributed by atoms with Gasteiger partial charge in [-0.05, 0) is 36.8 Å². The third-order valence-corrected chi connectivity index (χ3v) is 3.70. The van der Waals surface area contributed by atoms with Crippen LogP contribution in [0.4, 0.5) is 4.39 Å². The number of benzene rings is 2. The zero-order chi connectivity index (χ0) is 15.4. The summed E-state index contributed by atoms with van der Waals surface area (Å²) in [7, 11) is 0. The molecule has 0 aliphatic carbocycles.